The third kappa shape index (κ3) is 4.49. The lowest BCUT2D eigenvalue weighted by atomic mass is 9.99. The molecule has 0 bridgehead atoms. The second-order valence-electron chi connectivity index (χ2n) is 8.71. The highest BCUT2D eigenvalue weighted by Gasteiger charge is 2.33. The predicted octanol–water partition coefficient (Wildman–Crippen LogP) is 4.87. The molecule has 1 saturated heterocycles. The van der Waals surface area contributed by atoms with Crippen LogP contribution in [0.3, 0.4) is 0 Å². The average Bonchev–Trinajstić information content (AvgIpc) is 3.26. The maximum absolute atomic E-state index is 14.0. The molecule has 3 aromatic rings. The van der Waals surface area contributed by atoms with Crippen molar-refractivity contribution in [1.29, 1.82) is 0 Å². The molecular weight excluding hydrogens is 403 g/mol. The van der Waals surface area contributed by atoms with E-state index in [1.54, 1.807) is 12.3 Å². The summed E-state index contributed by atoms with van der Waals surface area (Å²) in [5.41, 5.74) is 5.70. The van der Waals surface area contributed by atoms with Gasteiger partial charge in [-0.05, 0) is 61.1 Å². The molecule has 1 aliphatic heterocycles. The largest absolute Gasteiger partial charge is 0.347 e. The molecule has 0 aliphatic carbocycles. The van der Waals surface area contributed by atoms with Crippen molar-refractivity contribution in [1.82, 2.24) is 14.9 Å². The maximum Gasteiger partial charge on any atom is 0.227 e. The van der Waals surface area contributed by atoms with Crippen LogP contribution in [0.4, 0.5) is 10.3 Å². The number of anilines is 1. The van der Waals surface area contributed by atoms with Crippen molar-refractivity contribution in [3.63, 3.8) is 0 Å². The molecule has 5 nitrogen and oxygen atoms in total. The Kier molecular flexibility index (Phi) is 6.21. The van der Waals surface area contributed by atoms with E-state index in [1.807, 2.05) is 36.0 Å². The van der Waals surface area contributed by atoms with E-state index >= 15 is 0 Å². The molecule has 32 heavy (non-hydrogen) atoms. The number of likely N-dealkylation sites (tertiary alicyclic amines) is 1. The monoisotopic (exact) mass is 432 g/mol. The molecule has 2 aromatic carbocycles. The Morgan fingerprint density at radius 2 is 1.97 bits per heavy atom. The van der Waals surface area contributed by atoms with Crippen molar-refractivity contribution in [2.45, 2.75) is 39.2 Å². The molecule has 1 aromatic heterocycles. The van der Waals surface area contributed by atoms with Gasteiger partial charge in [0.05, 0.1) is 18.2 Å². The van der Waals surface area contributed by atoms with Crippen LogP contribution in [0.15, 0.2) is 48.7 Å². The van der Waals surface area contributed by atoms with Crippen LogP contribution in [0, 0.1) is 19.7 Å². The minimum absolute atomic E-state index is 0.0889. The molecule has 0 N–H and O–H groups in total. The third-order valence-electron chi connectivity index (χ3n) is 6.16. The Morgan fingerprint density at radius 1 is 1.16 bits per heavy atom. The number of carbonyl (C=O) groups is 1. The van der Waals surface area contributed by atoms with Crippen molar-refractivity contribution in [3.8, 4) is 11.1 Å². The summed E-state index contributed by atoms with van der Waals surface area (Å²) >= 11 is 0. The number of aryl methyl sites for hydroxylation is 2. The lowest BCUT2D eigenvalue weighted by Crippen LogP contribution is -2.33. The van der Waals surface area contributed by atoms with E-state index in [0.29, 0.717) is 18.9 Å². The van der Waals surface area contributed by atoms with E-state index < -0.39 is 0 Å². The number of hydrogen-bond acceptors (Lipinski definition) is 4. The van der Waals surface area contributed by atoms with Crippen LogP contribution < -0.4 is 4.90 Å². The van der Waals surface area contributed by atoms with Gasteiger partial charge in [0, 0.05) is 32.4 Å². The topological polar surface area (TPSA) is 49.3 Å². The Hall–Kier alpha value is -3.28. The number of carbonyl (C=O) groups excluding carboxylic acids is 1. The quantitative estimate of drug-likeness (QED) is 0.577. The van der Waals surface area contributed by atoms with Gasteiger partial charge in [-0.15, -0.1) is 0 Å². The molecule has 1 atom stereocenters. The van der Waals surface area contributed by atoms with Gasteiger partial charge in [-0.25, -0.2) is 14.4 Å². The average molecular weight is 433 g/mol. The molecule has 1 fully saturated rings. The van der Waals surface area contributed by atoms with Crippen LogP contribution in [-0.4, -0.2) is 41.4 Å². The van der Waals surface area contributed by atoms with Crippen molar-refractivity contribution in [2.24, 2.45) is 0 Å². The van der Waals surface area contributed by atoms with E-state index in [-0.39, 0.29) is 17.8 Å². The lowest BCUT2D eigenvalue weighted by molar-refractivity contribution is -0.131. The molecule has 6 heteroatoms. The van der Waals surface area contributed by atoms with Crippen LogP contribution in [0.5, 0.6) is 0 Å². The first-order valence-electron chi connectivity index (χ1n) is 11.0. The lowest BCUT2D eigenvalue weighted by Gasteiger charge is -2.27. The normalized spacial score (nSPS) is 15.8. The zero-order chi connectivity index (χ0) is 22.8. The minimum Gasteiger partial charge on any atom is -0.347 e. The highest BCUT2D eigenvalue weighted by atomic mass is 19.1. The summed E-state index contributed by atoms with van der Waals surface area (Å²) in [6, 6.07) is 12.5. The Morgan fingerprint density at radius 3 is 2.69 bits per heavy atom. The fourth-order valence-corrected chi connectivity index (χ4v) is 4.27. The Balaban J connectivity index is 1.69. The number of amides is 1. The molecule has 0 saturated carbocycles. The van der Waals surface area contributed by atoms with E-state index in [9.17, 15) is 9.18 Å². The number of aromatic nitrogens is 2. The summed E-state index contributed by atoms with van der Waals surface area (Å²) in [5.74, 6) is 0.360. The molecule has 1 aliphatic rings. The molecule has 0 unspecified atom stereocenters. The van der Waals surface area contributed by atoms with Crippen molar-refractivity contribution >= 4 is 11.9 Å². The van der Waals surface area contributed by atoms with Crippen LogP contribution in [0.2, 0.25) is 0 Å². The molecule has 0 radical (unpaired) electrons. The van der Waals surface area contributed by atoms with Gasteiger partial charge in [-0.2, -0.15) is 0 Å². The maximum atomic E-state index is 14.0. The van der Waals surface area contributed by atoms with Crippen LogP contribution in [0.25, 0.3) is 11.1 Å². The second-order valence-corrected chi connectivity index (χ2v) is 8.71. The van der Waals surface area contributed by atoms with E-state index in [4.69, 9.17) is 4.98 Å². The summed E-state index contributed by atoms with van der Waals surface area (Å²) in [4.78, 5) is 26.4. The molecular formula is C26H29FN4O. The molecule has 0 spiro atoms. The minimum atomic E-state index is -0.306. The van der Waals surface area contributed by atoms with Crippen LogP contribution in [0.1, 0.15) is 41.3 Å². The van der Waals surface area contributed by atoms with Gasteiger partial charge in [-0.1, -0.05) is 30.3 Å². The molecule has 1 amide bonds. The summed E-state index contributed by atoms with van der Waals surface area (Å²) in [7, 11) is 3.77. The van der Waals surface area contributed by atoms with Crippen molar-refractivity contribution < 1.29 is 9.18 Å². The Labute approximate surface area is 188 Å². The Bertz CT molecular complexity index is 1140. The molecule has 166 valence electrons. The molecule has 4 rings (SSSR count). The number of benzene rings is 2. The van der Waals surface area contributed by atoms with Crippen LogP contribution >= 0.6 is 0 Å². The van der Waals surface area contributed by atoms with Gasteiger partial charge >= 0.3 is 0 Å². The zero-order valence-electron chi connectivity index (χ0n) is 19.1. The first kappa shape index (κ1) is 21.9. The van der Waals surface area contributed by atoms with Crippen LogP contribution in [-0.2, 0) is 11.2 Å². The number of halogens is 1. The highest BCUT2D eigenvalue weighted by Crippen LogP contribution is 2.37. The van der Waals surface area contributed by atoms with E-state index in [0.717, 1.165) is 35.2 Å². The standard InChI is InChI=1S/C26H29FN4O/c1-17-10-11-19(13-18(17)2)14-24(32)31-12-6-9-23(31)25-22(16-28-26(29-25)30(3)4)20-7-5-8-21(27)15-20/h5,7-8,10-11,13,15-16,23H,6,9,12,14H2,1-4H3/t23-/m1/s1. The molecule has 2 heterocycles. The third-order valence-corrected chi connectivity index (χ3v) is 6.16. The van der Waals surface area contributed by atoms with Gasteiger partial charge in [0.25, 0.3) is 0 Å². The fourth-order valence-electron chi connectivity index (χ4n) is 4.27. The number of nitrogens with zero attached hydrogens (tertiary/aromatic N) is 4. The fraction of sp³-hybridized carbons (Fsp3) is 0.346. The van der Waals surface area contributed by atoms with Gasteiger partial charge in [0.15, 0.2) is 0 Å². The second kappa shape index (κ2) is 9.07. The first-order valence-corrected chi connectivity index (χ1v) is 11.0. The number of rotatable bonds is 5. The summed E-state index contributed by atoms with van der Waals surface area (Å²) < 4.78 is 14.0. The van der Waals surface area contributed by atoms with Gasteiger partial charge < -0.3 is 9.80 Å². The first-order chi connectivity index (χ1) is 15.3. The van der Waals surface area contributed by atoms with E-state index in [2.05, 4.69) is 31.0 Å². The smallest absolute Gasteiger partial charge is 0.227 e. The summed E-state index contributed by atoms with van der Waals surface area (Å²) in [6.45, 7) is 4.83. The van der Waals surface area contributed by atoms with Gasteiger partial charge in [0.2, 0.25) is 11.9 Å². The van der Waals surface area contributed by atoms with Crippen molar-refractivity contribution in [2.75, 3.05) is 25.5 Å². The highest BCUT2D eigenvalue weighted by molar-refractivity contribution is 5.80. The van der Waals surface area contributed by atoms with Gasteiger partial charge in [-0.3, -0.25) is 4.79 Å². The number of hydrogen-bond donors (Lipinski definition) is 0. The van der Waals surface area contributed by atoms with Gasteiger partial charge in [0.1, 0.15) is 5.82 Å². The zero-order valence-corrected chi connectivity index (χ0v) is 19.1. The SMILES string of the molecule is Cc1ccc(CC(=O)N2CCC[C@@H]2c2nc(N(C)C)ncc2-c2cccc(F)c2)cc1C. The predicted molar refractivity (Wildman–Crippen MR) is 125 cm³/mol. The van der Waals surface area contributed by atoms with E-state index in [1.165, 1.54) is 23.3 Å². The summed E-state index contributed by atoms with van der Waals surface area (Å²) in [5, 5.41) is 0. The van der Waals surface area contributed by atoms with Crippen molar-refractivity contribution in [3.05, 3.63) is 76.9 Å². The summed E-state index contributed by atoms with van der Waals surface area (Å²) in [6.07, 6.45) is 3.84.